The fourth-order valence-corrected chi connectivity index (χ4v) is 2.61. The molecule has 2 aliphatic heterocycles. The van der Waals surface area contributed by atoms with E-state index >= 15 is 0 Å². The van der Waals surface area contributed by atoms with Crippen LogP contribution in [0.2, 0.25) is 0 Å². The first kappa shape index (κ1) is 16.5. The molecule has 2 fully saturated rings. The zero-order valence-corrected chi connectivity index (χ0v) is 13.8. The van der Waals surface area contributed by atoms with E-state index in [4.69, 9.17) is 5.73 Å². The standard InChI is InChI=1S/C13H24N4O.HI/c14-13(17-10-2-1-3-11-17)15-7-6-12(18)16-8-4-5-9-16;/h1-11H2,(H2,14,15);1H. The van der Waals surface area contributed by atoms with E-state index < -0.39 is 0 Å². The summed E-state index contributed by atoms with van der Waals surface area (Å²) >= 11 is 0. The van der Waals surface area contributed by atoms with Crippen molar-refractivity contribution < 1.29 is 4.79 Å². The maximum absolute atomic E-state index is 11.8. The molecule has 0 radical (unpaired) electrons. The fourth-order valence-electron chi connectivity index (χ4n) is 2.61. The van der Waals surface area contributed by atoms with Crippen molar-refractivity contribution in [3.8, 4) is 0 Å². The van der Waals surface area contributed by atoms with Crippen LogP contribution in [0.1, 0.15) is 38.5 Å². The van der Waals surface area contributed by atoms with Crippen molar-refractivity contribution >= 4 is 35.8 Å². The third kappa shape index (κ3) is 5.16. The number of carbonyl (C=O) groups is 1. The predicted molar refractivity (Wildman–Crippen MR) is 87.8 cm³/mol. The molecule has 0 aliphatic carbocycles. The van der Waals surface area contributed by atoms with Crippen molar-refractivity contribution in [2.45, 2.75) is 38.5 Å². The molecular weight excluding hydrogens is 355 g/mol. The SMILES string of the molecule is I.NC(=NCCC(=O)N1CCCC1)N1CCCCC1. The van der Waals surface area contributed by atoms with E-state index in [1.54, 1.807) is 0 Å². The summed E-state index contributed by atoms with van der Waals surface area (Å²) in [4.78, 5) is 20.2. The van der Waals surface area contributed by atoms with Gasteiger partial charge in [0.2, 0.25) is 5.91 Å². The van der Waals surface area contributed by atoms with Gasteiger partial charge in [-0.05, 0) is 32.1 Å². The van der Waals surface area contributed by atoms with E-state index in [1.165, 1.54) is 19.3 Å². The highest BCUT2D eigenvalue weighted by molar-refractivity contribution is 14.0. The third-order valence-corrected chi connectivity index (χ3v) is 3.74. The van der Waals surface area contributed by atoms with Crippen molar-refractivity contribution in [3.63, 3.8) is 0 Å². The molecule has 0 bridgehead atoms. The zero-order chi connectivity index (χ0) is 12.8. The molecule has 2 heterocycles. The average molecular weight is 380 g/mol. The number of hydrogen-bond acceptors (Lipinski definition) is 2. The molecular formula is C13H25IN4O. The van der Waals surface area contributed by atoms with Gasteiger partial charge in [-0.1, -0.05) is 0 Å². The Morgan fingerprint density at radius 1 is 0.947 bits per heavy atom. The Bertz CT molecular complexity index is 310. The Labute approximate surface area is 132 Å². The van der Waals surface area contributed by atoms with Crippen molar-refractivity contribution in [1.82, 2.24) is 9.80 Å². The number of carbonyl (C=O) groups excluding carboxylic acids is 1. The molecule has 1 amide bonds. The van der Waals surface area contributed by atoms with Crippen LogP contribution in [0.5, 0.6) is 0 Å². The summed E-state index contributed by atoms with van der Waals surface area (Å²) in [5.74, 6) is 0.839. The Kier molecular flexibility index (Phi) is 7.48. The van der Waals surface area contributed by atoms with E-state index in [0.717, 1.165) is 39.0 Å². The minimum atomic E-state index is 0. The van der Waals surface area contributed by atoms with E-state index in [1.807, 2.05) is 4.90 Å². The highest BCUT2D eigenvalue weighted by Crippen LogP contribution is 2.10. The zero-order valence-electron chi connectivity index (χ0n) is 11.5. The first-order valence-electron chi connectivity index (χ1n) is 7.10. The van der Waals surface area contributed by atoms with E-state index in [-0.39, 0.29) is 29.9 Å². The lowest BCUT2D eigenvalue weighted by Gasteiger charge is -2.27. The molecule has 0 aromatic rings. The molecule has 2 N–H and O–H groups in total. The number of piperidine rings is 1. The second kappa shape index (κ2) is 8.60. The molecule has 5 nitrogen and oxygen atoms in total. The van der Waals surface area contributed by atoms with Crippen LogP contribution in [0.25, 0.3) is 0 Å². The number of likely N-dealkylation sites (tertiary alicyclic amines) is 2. The van der Waals surface area contributed by atoms with Crippen LogP contribution in [0.4, 0.5) is 0 Å². The largest absolute Gasteiger partial charge is 0.370 e. The molecule has 19 heavy (non-hydrogen) atoms. The van der Waals surface area contributed by atoms with Crippen LogP contribution in [0.3, 0.4) is 0 Å². The van der Waals surface area contributed by atoms with Gasteiger partial charge in [0.15, 0.2) is 5.96 Å². The number of nitrogens with two attached hydrogens (primary N) is 1. The monoisotopic (exact) mass is 380 g/mol. The van der Waals surface area contributed by atoms with Gasteiger partial charge in [0.25, 0.3) is 0 Å². The summed E-state index contributed by atoms with van der Waals surface area (Å²) < 4.78 is 0. The van der Waals surface area contributed by atoms with Gasteiger partial charge < -0.3 is 15.5 Å². The molecule has 2 rings (SSSR count). The van der Waals surface area contributed by atoms with Gasteiger partial charge in [-0.3, -0.25) is 9.79 Å². The topological polar surface area (TPSA) is 61.9 Å². The minimum Gasteiger partial charge on any atom is -0.370 e. The smallest absolute Gasteiger partial charge is 0.224 e. The Balaban J connectivity index is 0.00000180. The lowest BCUT2D eigenvalue weighted by molar-refractivity contribution is -0.129. The molecule has 2 aliphatic rings. The average Bonchev–Trinajstić information content (AvgIpc) is 2.93. The van der Waals surface area contributed by atoms with Crippen molar-refractivity contribution in [3.05, 3.63) is 0 Å². The minimum absolute atomic E-state index is 0. The second-order valence-electron chi connectivity index (χ2n) is 5.13. The maximum Gasteiger partial charge on any atom is 0.224 e. The lowest BCUT2D eigenvalue weighted by Crippen LogP contribution is -2.41. The van der Waals surface area contributed by atoms with Gasteiger partial charge in [0.1, 0.15) is 0 Å². The van der Waals surface area contributed by atoms with E-state index in [9.17, 15) is 4.79 Å². The highest BCUT2D eigenvalue weighted by atomic mass is 127. The summed E-state index contributed by atoms with van der Waals surface area (Å²) in [5, 5.41) is 0. The first-order valence-corrected chi connectivity index (χ1v) is 7.10. The highest BCUT2D eigenvalue weighted by Gasteiger charge is 2.17. The van der Waals surface area contributed by atoms with Crippen LogP contribution in [-0.4, -0.2) is 54.4 Å². The van der Waals surface area contributed by atoms with Crippen molar-refractivity contribution in [1.29, 1.82) is 0 Å². The Hall–Kier alpha value is -0.530. The number of amides is 1. The Morgan fingerprint density at radius 2 is 1.47 bits per heavy atom. The summed E-state index contributed by atoms with van der Waals surface area (Å²) in [6.07, 6.45) is 6.47. The van der Waals surface area contributed by atoms with Gasteiger partial charge in [-0.2, -0.15) is 0 Å². The molecule has 2 saturated heterocycles. The first-order chi connectivity index (χ1) is 8.77. The molecule has 6 heteroatoms. The second-order valence-corrected chi connectivity index (χ2v) is 5.13. The Morgan fingerprint density at radius 3 is 2.11 bits per heavy atom. The number of hydrogen-bond donors (Lipinski definition) is 1. The molecule has 0 spiro atoms. The van der Waals surface area contributed by atoms with Crippen molar-refractivity contribution in [2.24, 2.45) is 10.7 Å². The normalized spacial score (nSPS) is 20.3. The number of nitrogens with zero attached hydrogens (tertiary/aromatic N) is 3. The molecule has 0 saturated carbocycles. The molecule has 0 aromatic heterocycles. The lowest BCUT2D eigenvalue weighted by atomic mass is 10.1. The maximum atomic E-state index is 11.8. The summed E-state index contributed by atoms with van der Waals surface area (Å²) in [7, 11) is 0. The van der Waals surface area contributed by atoms with Gasteiger partial charge in [-0.25, -0.2) is 0 Å². The van der Waals surface area contributed by atoms with Gasteiger partial charge >= 0.3 is 0 Å². The molecule has 0 unspecified atom stereocenters. The summed E-state index contributed by atoms with van der Waals surface area (Å²) in [6.45, 7) is 4.39. The van der Waals surface area contributed by atoms with E-state index in [2.05, 4.69) is 9.89 Å². The van der Waals surface area contributed by atoms with Crippen LogP contribution >= 0.6 is 24.0 Å². The third-order valence-electron chi connectivity index (χ3n) is 3.74. The van der Waals surface area contributed by atoms with Crippen LogP contribution < -0.4 is 5.73 Å². The predicted octanol–water partition coefficient (Wildman–Crippen LogP) is 1.42. The van der Waals surface area contributed by atoms with Crippen molar-refractivity contribution in [2.75, 3.05) is 32.7 Å². The number of aliphatic imine (C=N–C) groups is 1. The number of guanidine groups is 1. The molecule has 0 atom stereocenters. The summed E-state index contributed by atoms with van der Waals surface area (Å²) in [6, 6.07) is 0. The van der Waals surface area contributed by atoms with Crippen LogP contribution in [0.15, 0.2) is 4.99 Å². The molecule has 0 aromatic carbocycles. The quantitative estimate of drug-likeness (QED) is 0.458. The van der Waals surface area contributed by atoms with Gasteiger partial charge in [0.05, 0.1) is 6.54 Å². The summed E-state index contributed by atoms with van der Waals surface area (Å²) in [5.41, 5.74) is 5.94. The number of halogens is 1. The van der Waals surface area contributed by atoms with Crippen LogP contribution in [-0.2, 0) is 4.79 Å². The van der Waals surface area contributed by atoms with Gasteiger partial charge in [0, 0.05) is 32.6 Å². The van der Waals surface area contributed by atoms with Gasteiger partial charge in [-0.15, -0.1) is 24.0 Å². The molecule has 110 valence electrons. The van der Waals surface area contributed by atoms with E-state index in [0.29, 0.717) is 18.9 Å². The fraction of sp³-hybridized carbons (Fsp3) is 0.846. The van der Waals surface area contributed by atoms with Crippen LogP contribution in [0, 0.1) is 0 Å². The number of rotatable bonds is 3.